The van der Waals surface area contributed by atoms with Crippen LogP contribution in [0.4, 0.5) is 11.6 Å². The van der Waals surface area contributed by atoms with Gasteiger partial charge in [-0.15, -0.1) is 15.3 Å². The first-order valence-electron chi connectivity index (χ1n) is 9.09. The fourth-order valence-corrected chi connectivity index (χ4v) is 3.26. The molecule has 3 aromatic heterocycles. The summed E-state index contributed by atoms with van der Waals surface area (Å²) in [4.78, 5) is 18.0. The molecule has 5 aromatic rings. The minimum Gasteiger partial charge on any atom is -0.338 e. The van der Waals surface area contributed by atoms with Gasteiger partial charge in [0.15, 0.2) is 5.65 Å². The third kappa shape index (κ3) is 3.15. The quantitative estimate of drug-likeness (QED) is 0.265. The van der Waals surface area contributed by atoms with E-state index in [1.54, 1.807) is 12.1 Å². The minimum absolute atomic E-state index is 0.0455. The van der Waals surface area contributed by atoms with Gasteiger partial charge in [0.1, 0.15) is 12.1 Å². The Balaban J connectivity index is 1.37. The van der Waals surface area contributed by atoms with Gasteiger partial charge in [0.25, 0.3) is 11.6 Å². The molecule has 0 aliphatic heterocycles. The van der Waals surface area contributed by atoms with Crippen molar-refractivity contribution < 1.29 is 4.92 Å². The van der Waals surface area contributed by atoms with Crippen LogP contribution >= 0.6 is 0 Å². The van der Waals surface area contributed by atoms with Crippen LogP contribution in [0, 0.1) is 10.1 Å². The number of nitrogens with one attached hydrogen (secondary N) is 1. The van der Waals surface area contributed by atoms with Crippen molar-refractivity contribution in [3.05, 3.63) is 82.7 Å². The molecule has 2 aromatic carbocycles. The molecular weight excluding hydrogens is 384 g/mol. The van der Waals surface area contributed by atoms with Crippen LogP contribution in [-0.4, -0.2) is 29.7 Å². The maximum Gasteiger partial charge on any atom is 0.289 e. The largest absolute Gasteiger partial charge is 0.338 e. The van der Waals surface area contributed by atoms with Crippen molar-refractivity contribution in [1.29, 1.82) is 0 Å². The number of benzene rings is 2. The Kier molecular flexibility index (Phi) is 4.21. The number of H-pyrrole nitrogens is 1. The second kappa shape index (κ2) is 7.17. The molecule has 0 saturated heterocycles. The standard InChI is InChI=1S/C20H14N8O2/c29-28(30)14-9-7-13(8-10-14)27-11-3-4-15(27)12-21-25-20-23-19-18(24-26-20)16-5-1-2-6-17(16)22-19/h1-11H,12H2,(H,22,23,26). The van der Waals surface area contributed by atoms with Gasteiger partial charge in [-0.05, 0) is 30.3 Å². The fourth-order valence-electron chi connectivity index (χ4n) is 3.26. The fraction of sp³-hybridized carbons (Fsp3) is 0.0500. The molecule has 5 rings (SSSR count). The first kappa shape index (κ1) is 17.6. The molecule has 30 heavy (non-hydrogen) atoms. The summed E-state index contributed by atoms with van der Waals surface area (Å²) in [7, 11) is 0. The van der Waals surface area contributed by atoms with Gasteiger partial charge in [-0.2, -0.15) is 10.1 Å². The van der Waals surface area contributed by atoms with Crippen molar-refractivity contribution in [3.63, 3.8) is 0 Å². The van der Waals surface area contributed by atoms with Gasteiger partial charge in [0, 0.05) is 40.6 Å². The van der Waals surface area contributed by atoms with Crippen molar-refractivity contribution in [2.75, 3.05) is 0 Å². The molecule has 0 spiro atoms. The van der Waals surface area contributed by atoms with Crippen molar-refractivity contribution in [2.24, 2.45) is 10.2 Å². The van der Waals surface area contributed by atoms with E-state index >= 15 is 0 Å². The van der Waals surface area contributed by atoms with E-state index in [9.17, 15) is 10.1 Å². The second-order valence-corrected chi connectivity index (χ2v) is 6.52. The van der Waals surface area contributed by atoms with Gasteiger partial charge >= 0.3 is 0 Å². The summed E-state index contributed by atoms with van der Waals surface area (Å²) < 4.78 is 1.89. The van der Waals surface area contributed by atoms with Gasteiger partial charge in [-0.1, -0.05) is 18.2 Å². The Morgan fingerprint density at radius 3 is 2.70 bits per heavy atom. The van der Waals surface area contributed by atoms with E-state index in [0.29, 0.717) is 11.2 Å². The number of non-ortho nitro benzene ring substituents is 1. The number of aromatic amines is 1. The molecular formula is C20H14N8O2. The Labute approximate surface area is 169 Å². The Bertz CT molecular complexity index is 1400. The van der Waals surface area contributed by atoms with E-state index in [-0.39, 0.29) is 18.2 Å². The highest BCUT2D eigenvalue weighted by atomic mass is 16.6. The lowest BCUT2D eigenvalue weighted by molar-refractivity contribution is -0.384. The summed E-state index contributed by atoms with van der Waals surface area (Å²) in [6, 6.07) is 17.9. The van der Waals surface area contributed by atoms with E-state index in [4.69, 9.17) is 0 Å². The van der Waals surface area contributed by atoms with Gasteiger partial charge < -0.3 is 9.55 Å². The summed E-state index contributed by atoms with van der Waals surface area (Å²) in [6.45, 7) is 0.290. The van der Waals surface area contributed by atoms with Crippen LogP contribution in [-0.2, 0) is 6.54 Å². The number of hydrogen-bond donors (Lipinski definition) is 1. The predicted molar refractivity (Wildman–Crippen MR) is 110 cm³/mol. The molecule has 0 bridgehead atoms. The van der Waals surface area contributed by atoms with Crippen LogP contribution in [0.1, 0.15) is 5.69 Å². The molecule has 0 saturated carbocycles. The third-order valence-electron chi connectivity index (χ3n) is 4.68. The van der Waals surface area contributed by atoms with Crippen LogP contribution < -0.4 is 0 Å². The number of nitrogens with zero attached hydrogens (tertiary/aromatic N) is 7. The first-order valence-corrected chi connectivity index (χ1v) is 9.09. The zero-order valence-electron chi connectivity index (χ0n) is 15.5. The molecule has 10 nitrogen and oxygen atoms in total. The van der Waals surface area contributed by atoms with Crippen LogP contribution in [0.15, 0.2) is 77.1 Å². The molecule has 146 valence electrons. The summed E-state index contributed by atoms with van der Waals surface area (Å²) in [5.41, 5.74) is 3.94. The average molecular weight is 398 g/mol. The normalized spacial score (nSPS) is 11.6. The van der Waals surface area contributed by atoms with E-state index in [2.05, 4.69) is 30.4 Å². The number of rotatable bonds is 5. The number of aromatic nitrogens is 5. The molecule has 0 aliphatic rings. The van der Waals surface area contributed by atoms with Gasteiger partial charge in [0.05, 0.1) is 4.92 Å². The highest BCUT2D eigenvalue weighted by Gasteiger charge is 2.09. The molecule has 0 radical (unpaired) electrons. The number of hydrogen-bond acceptors (Lipinski definition) is 7. The minimum atomic E-state index is -0.424. The lowest BCUT2D eigenvalue weighted by atomic mass is 10.2. The number of para-hydroxylation sites is 1. The predicted octanol–water partition coefficient (Wildman–Crippen LogP) is 4.49. The third-order valence-corrected chi connectivity index (χ3v) is 4.68. The molecule has 1 N–H and O–H groups in total. The number of nitro groups is 1. The molecule has 0 fully saturated rings. The summed E-state index contributed by atoms with van der Waals surface area (Å²) in [6.07, 6.45) is 1.86. The zero-order chi connectivity index (χ0) is 20.5. The van der Waals surface area contributed by atoms with Crippen molar-refractivity contribution in [1.82, 2.24) is 24.7 Å². The van der Waals surface area contributed by atoms with Gasteiger partial charge in [0.2, 0.25) is 0 Å². The molecule has 10 heteroatoms. The van der Waals surface area contributed by atoms with Gasteiger partial charge in [-0.3, -0.25) is 10.1 Å². The molecule has 0 aliphatic carbocycles. The lowest BCUT2D eigenvalue weighted by Crippen LogP contribution is -1.98. The van der Waals surface area contributed by atoms with Crippen LogP contribution in [0.25, 0.3) is 27.8 Å². The number of nitro benzene ring substituents is 1. The second-order valence-electron chi connectivity index (χ2n) is 6.52. The number of azo groups is 1. The molecule has 0 atom stereocenters. The topological polar surface area (TPSA) is 127 Å². The maximum atomic E-state index is 10.8. The van der Waals surface area contributed by atoms with E-state index < -0.39 is 4.92 Å². The highest BCUT2D eigenvalue weighted by molar-refractivity contribution is 6.03. The Morgan fingerprint density at radius 1 is 1.03 bits per heavy atom. The molecule has 3 heterocycles. The van der Waals surface area contributed by atoms with E-state index in [1.165, 1.54) is 12.1 Å². The molecule has 0 amide bonds. The Morgan fingerprint density at radius 2 is 1.87 bits per heavy atom. The Hall–Kier alpha value is -4.47. The van der Waals surface area contributed by atoms with Crippen LogP contribution in [0.3, 0.4) is 0 Å². The lowest BCUT2D eigenvalue weighted by Gasteiger charge is -2.06. The summed E-state index contributed by atoms with van der Waals surface area (Å²) in [5, 5.41) is 28.3. The smallest absolute Gasteiger partial charge is 0.289 e. The van der Waals surface area contributed by atoms with Crippen molar-refractivity contribution in [3.8, 4) is 5.69 Å². The summed E-state index contributed by atoms with van der Waals surface area (Å²) >= 11 is 0. The van der Waals surface area contributed by atoms with Crippen molar-refractivity contribution >= 4 is 33.7 Å². The van der Waals surface area contributed by atoms with Gasteiger partial charge in [-0.25, -0.2) is 0 Å². The summed E-state index contributed by atoms with van der Waals surface area (Å²) in [5.74, 6) is 0.169. The van der Waals surface area contributed by atoms with Crippen LogP contribution in [0.2, 0.25) is 0 Å². The monoisotopic (exact) mass is 398 g/mol. The zero-order valence-corrected chi connectivity index (χ0v) is 15.5. The maximum absolute atomic E-state index is 10.8. The number of fused-ring (bicyclic) bond motifs is 3. The average Bonchev–Trinajstić information content (AvgIpc) is 3.38. The first-order chi connectivity index (χ1) is 14.7. The van der Waals surface area contributed by atoms with Crippen molar-refractivity contribution in [2.45, 2.75) is 6.54 Å². The molecule has 0 unspecified atom stereocenters. The van der Waals surface area contributed by atoms with E-state index in [1.807, 2.05) is 47.2 Å². The van der Waals surface area contributed by atoms with E-state index in [0.717, 1.165) is 22.3 Å². The SMILES string of the molecule is O=[N+]([O-])c1ccc(-n2cccc2CN=Nc2nnc3c(n2)[nH]c2ccccc23)cc1. The highest BCUT2D eigenvalue weighted by Crippen LogP contribution is 2.23. The van der Waals surface area contributed by atoms with Crippen LogP contribution in [0.5, 0.6) is 0 Å².